The van der Waals surface area contributed by atoms with Crippen LogP contribution in [-0.4, -0.2) is 43.1 Å². The first-order valence-electron chi connectivity index (χ1n) is 10.8. The van der Waals surface area contributed by atoms with E-state index in [9.17, 15) is 0 Å². The highest BCUT2D eigenvalue weighted by molar-refractivity contribution is 5.88. The van der Waals surface area contributed by atoms with Crippen LogP contribution >= 0.6 is 0 Å². The molecule has 3 aromatic rings. The van der Waals surface area contributed by atoms with E-state index in [1.807, 2.05) is 55.5 Å². The van der Waals surface area contributed by atoms with Crippen molar-refractivity contribution in [1.29, 1.82) is 0 Å². The first kappa shape index (κ1) is 20.7. The molecule has 1 aliphatic heterocycles. The average Bonchev–Trinajstić information content (AvgIpc) is 3.21. The van der Waals surface area contributed by atoms with Crippen LogP contribution < -0.4 is 9.47 Å². The Morgan fingerprint density at radius 2 is 1.87 bits per heavy atom. The molecule has 1 saturated heterocycles. The number of fused-ring (bicyclic) bond motifs is 1. The summed E-state index contributed by atoms with van der Waals surface area (Å²) in [7, 11) is 0. The van der Waals surface area contributed by atoms with Gasteiger partial charge in [0.05, 0.1) is 13.3 Å². The summed E-state index contributed by atoms with van der Waals surface area (Å²) in [5.74, 6) is 1.93. The second-order valence-electron chi connectivity index (χ2n) is 7.71. The Labute approximate surface area is 177 Å². The molecule has 30 heavy (non-hydrogen) atoms. The molecule has 6 nitrogen and oxygen atoms in total. The van der Waals surface area contributed by atoms with E-state index in [4.69, 9.17) is 18.7 Å². The SMILES string of the molecule is CCOCN1CCC(CCOc2noc3cccc(OCc4ccccc4)c23)CC1. The number of likely N-dealkylation sites (tertiary alicyclic amines) is 1. The molecule has 2 heterocycles. The van der Waals surface area contributed by atoms with Gasteiger partial charge >= 0.3 is 0 Å². The van der Waals surface area contributed by atoms with E-state index < -0.39 is 0 Å². The molecule has 0 unspecified atom stereocenters. The quantitative estimate of drug-likeness (QED) is 0.475. The van der Waals surface area contributed by atoms with E-state index in [1.165, 1.54) is 12.8 Å². The molecule has 1 aliphatic rings. The molecular weight excluding hydrogens is 380 g/mol. The maximum Gasteiger partial charge on any atom is 0.265 e. The van der Waals surface area contributed by atoms with Gasteiger partial charge in [-0.1, -0.05) is 36.4 Å². The van der Waals surface area contributed by atoms with Gasteiger partial charge in [-0.2, -0.15) is 0 Å². The van der Waals surface area contributed by atoms with Crippen molar-refractivity contribution in [2.45, 2.75) is 32.8 Å². The Bertz CT molecular complexity index is 904. The van der Waals surface area contributed by atoms with Crippen LogP contribution in [0.1, 0.15) is 31.7 Å². The molecule has 0 radical (unpaired) electrons. The fourth-order valence-electron chi connectivity index (χ4n) is 3.84. The molecule has 6 heteroatoms. The minimum absolute atomic E-state index is 0.491. The Kier molecular flexibility index (Phi) is 7.21. The average molecular weight is 411 g/mol. The van der Waals surface area contributed by atoms with Gasteiger partial charge in [-0.3, -0.25) is 4.90 Å². The van der Waals surface area contributed by atoms with Crippen LogP contribution in [0.5, 0.6) is 11.6 Å². The third-order valence-electron chi connectivity index (χ3n) is 5.62. The number of rotatable bonds is 10. The van der Waals surface area contributed by atoms with Crippen molar-refractivity contribution in [3.8, 4) is 11.6 Å². The van der Waals surface area contributed by atoms with E-state index >= 15 is 0 Å². The number of hydrogen-bond acceptors (Lipinski definition) is 6. The lowest BCUT2D eigenvalue weighted by Gasteiger charge is -2.31. The van der Waals surface area contributed by atoms with Gasteiger partial charge in [-0.25, -0.2) is 0 Å². The van der Waals surface area contributed by atoms with Crippen molar-refractivity contribution < 1.29 is 18.7 Å². The Balaban J connectivity index is 1.31. The zero-order valence-corrected chi connectivity index (χ0v) is 17.6. The van der Waals surface area contributed by atoms with Gasteiger partial charge in [0.25, 0.3) is 5.88 Å². The molecule has 0 N–H and O–H groups in total. The van der Waals surface area contributed by atoms with Crippen LogP contribution in [0.2, 0.25) is 0 Å². The van der Waals surface area contributed by atoms with Crippen molar-refractivity contribution in [3.05, 3.63) is 54.1 Å². The molecule has 0 atom stereocenters. The van der Waals surface area contributed by atoms with Crippen molar-refractivity contribution in [2.24, 2.45) is 5.92 Å². The Morgan fingerprint density at radius 3 is 2.67 bits per heavy atom. The van der Waals surface area contributed by atoms with Crippen LogP contribution in [-0.2, 0) is 11.3 Å². The first-order valence-corrected chi connectivity index (χ1v) is 10.8. The van der Waals surface area contributed by atoms with Gasteiger partial charge in [0, 0.05) is 19.7 Å². The molecule has 0 saturated carbocycles. The minimum Gasteiger partial charge on any atom is -0.488 e. The molecule has 0 spiro atoms. The van der Waals surface area contributed by atoms with Crippen molar-refractivity contribution >= 4 is 11.0 Å². The van der Waals surface area contributed by atoms with Crippen molar-refractivity contribution in [2.75, 3.05) is 33.0 Å². The molecule has 1 aromatic heterocycles. The van der Waals surface area contributed by atoms with Crippen LogP contribution in [0, 0.1) is 5.92 Å². The number of piperidine rings is 1. The van der Waals surface area contributed by atoms with Gasteiger partial charge in [0.1, 0.15) is 17.7 Å². The Morgan fingerprint density at radius 1 is 1.03 bits per heavy atom. The second-order valence-corrected chi connectivity index (χ2v) is 7.71. The van der Waals surface area contributed by atoms with E-state index in [-0.39, 0.29) is 0 Å². The molecule has 160 valence electrons. The smallest absolute Gasteiger partial charge is 0.265 e. The predicted octanol–water partition coefficient (Wildman–Crippen LogP) is 4.88. The summed E-state index contributed by atoms with van der Waals surface area (Å²) < 4.78 is 23.0. The van der Waals surface area contributed by atoms with E-state index in [0.717, 1.165) is 49.5 Å². The normalized spacial score (nSPS) is 15.5. The van der Waals surface area contributed by atoms with Crippen LogP contribution in [0.25, 0.3) is 11.0 Å². The first-order chi connectivity index (χ1) is 14.8. The van der Waals surface area contributed by atoms with Gasteiger partial charge in [0.2, 0.25) is 0 Å². The number of aromatic nitrogens is 1. The zero-order chi connectivity index (χ0) is 20.6. The molecule has 2 aromatic carbocycles. The molecule has 0 amide bonds. The second kappa shape index (κ2) is 10.5. The third kappa shape index (κ3) is 5.32. The summed E-state index contributed by atoms with van der Waals surface area (Å²) in [6, 6.07) is 15.8. The molecule has 4 rings (SSSR count). The third-order valence-corrected chi connectivity index (χ3v) is 5.62. The maximum atomic E-state index is 6.05. The topological polar surface area (TPSA) is 57.0 Å². The highest BCUT2D eigenvalue weighted by Gasteiger charge is 2.20. The summed E-state index contributed by atoms with van der Waals surface area (Å²) in [5, 5.41) is 4.94. The highest BCUT2D eigenvalue weighted by Crippen LogP contribution is 2.34. The van der Waals surface area contributed by atoms with Crippen LogP contribution in [0.3, 0.4) is 0 Å². The highest BCUT2D eigenvalue weighted by atomic mass is 16.5. The van der Waals surface area contributed by atoms with Crippen LogP contribution in [0.4, 0.5) is 0 Å². The van der Waals surface area contributed by atoms with Gasteiger partial charge < -0.3 is 18.7 Å². The number of benzene rings is 2. The molecule has 0 bridgehead atoms. The lowest BCUT2D eigenvalue weighted by atomic mass is 9.94. The van der Waals surface area contributed by atoms with Crippen molar-refractivity contribution in [1.82, 2.24) is 10.1 Å². The molecule has 1 fully saturated rings. The Hall–Kier alpha value is -2.57. The number of nitrogens with zero attached hydrogens (tertiary/aromatic N) is 2. The van der Waals surface area contributed by atoms with Crippen LogP contribution in [0.15, 0.2) is 53.1 Å². The zero-order valence-electron chi connectivity index (χ0n) is 17.6. The van der Waals surface area contributed by atoms with Gasteiger partial charge in [-0.15, -0.1) is 0 Å². The summed E-state index contributed by atoms with van der Waals surface area (Å²) in [5.41, 5.74) is 1.80. The standard InChI is InChI=1S/C24H30N2O4/c1-2-27-18-26-14-11-19(12-15-26)13-16-28-24-23-21(9-6-10-22(23)30-25-24)29-17-20-7-4-3-5-8-20/h3-10,19H,2,11-18H2,1H3. The lowest BCUT2D eigenvalue weighted by molar-refractivity contribution is 0.0147. The van der Waals surface area contributed by atoms with Gasteiger partial charge in [0.15, 0.2) is 5.58 Å². The fraction of sp³-hybridized carbons (Fsp3) is 0.458. The van der Waals surface area contributed by atoms with E-state index in [2.05, 4.69) is 10.1 Å². The van der Waals surface area contributed by atoms with E-state index in [1.54, 1.807) is 0 Å². The lowest BCUT2D eigenvalue weighted by Crippen LogP contribution is -2.35. The molecule has 0 aliphatic carbocycles. The fourth-order valence-corrected chi connectivity index (χ4v) is 3.84. The number of ether oxygens (including phenoxy) is 3. The summed E-state index contributed by atoms with van der Waals surface area (Å²) >= 11 is 0. The monoisotopic (exact) mass is 410 g/mol. The minimum atomic E-state index is 0.491. The van der Waals surface area contributed by atoms with Gasteiger partial charge in [-0.05, 0) is 55.0 Å². The van der Waals surface area contributed by atoms with E-state index in [0.29, 0.717) is 30.6 Å². The summed E-state index contributed by atoms with van der Waals surface area (Å²) in [4.78, 5) is 2.38. The van der Waals surface area contributed by atoms with Crippen molar-refractivity contribution in [3.63, 3.8) is 0 Å². The molecular formula is C24H30N2O4. The number of hydrogen-bond donors (Lipinski definition) is 0. The maximum absolute atomic E-state index is 6.05. The summed E-state index contributed by atoms with van der Waals surface area (Å²) in [6.45, 7) is 6.86. The predicted molar refractivity (Wildman–Crippen MR) is 116 cm³/mol. The summed E-state index contributed by atoms with van der Waals surface area (Å²) in [6.07, 6.45) is 3.38. The largest absolute Gasteiger partial charge is 0.488 e.